The van der Waals surface area contributed by atoms with Crippen LogP contribution in [0.2, 0.25) is 0 Å². The molecule has 0 aromatic heterocycles. The molecular formula is C20H16O. The number of fused-ring (bicyclic) bond motifs is 5. The molecule has 1 nitrogen and oxygen atoms in total. The molecule has 0 aliphatic heterocycles. The van der Waals surface area contributed by atoms with E-state index < -0.39 is 0 Å². The van der Waals surface area contributed by atoms with Crippen LogP contribution in [0.5, 0.6) is 5.75 Å². The average Bonchev–Trinajstić information content (AvgIpc) is 2.53. The van der Waals surface area contributed by atoms with Crippen molar-refractivity contribution in [2.75, 3.05) is 7.11 Å². The lowest BCUT2D eigenvalue weighted by atomic mass is 9.93. The summed E-state index contributed by atoms with van der Waals surface area (Å²) in [5.41, 5.74) is 1.31. The van der Waals surface area contributed by atoms with E-state index in [9.17, 15) is 0 Å². The molecule has 21 heavy (non-hydrogen) atoms. The van der Waals surface area contributed by atoms with Gasteiger partial charge in [0.05, 0.1) is 7.11 Å². The fourth-order valence-corrected chi connectivity index (χ4v) is 3.32. The quantitative estimate of drug-likeness (QED) is 0.418. The molecule has 0 spiro atoms. The summed E-state index contributed by atoms with van der Waals surface area (Å²) in [6.45, 7) is 2.19. The lowest BCUT2D eigenvalue weighted by Crippen LogP contribution is -1.89. The van der Waals surface area contributed by atoms with Gasteiger partial charge in [-0.1, -0.05) is 54.6 Å². The molecule has 4 rings (SSSR count). The van der Waals surface area contributed by atoms with Crippen LogP contribution in [0.3, 0.4) is 0 Å². The molecule has 0 fully saturated rings. The van der Waals surface area contributed by atoms with Crippen LogP contribution >= 0.6 is 0 Å². The van der Waals surface area contributed by atoms with E-state index in [2.05, 4.69) is 67.6 Å². The van der Waals surface area contributed by atoms with Gasteiger partial charge in [0.25, 0.3) is 0 Å². The van der Waals surface area contributed by atoms with Crippen LogP contribution < -0.4 is 4.74 Å². The number of ether oxygens (including phenoxy) is 1. The van der Waals surface area contributed by atoms with E-state index >= 15 is 0 Å². The first-order valence-electron chi connectivity index (χ1n) is 7.17. The molecule has 0 N–H and O–H groups in total. The Balaban J connectivity index is 2.35. The van der Waals surface area contributed by atoms with Gasteiger partial charge < -0.3 is 4.74 Å². The van der Waals surface area contributed by atoms with Gasteiger partial charge in [0, 0.05) is 5.39 Å². The van der Waals surface area contributed by atoms with Crippen molar-refractivity contribution >= 4 is 32.3 Å². The van der Waals surface area contributed by atoms with Gasteiger partial charge in [-0.25, -0.2) is 0 Å². The van der Waals surface area contributed by atoms with Gasteiger partial charge in [0.1, 0.15) is 5.75 Å². The molecule has 0 amide bonds. The van der Waals surface area contributed by atoms with Gasteiger partial charge >= 0.3 is 0 Å². The predicted molar refractivity (Wildman–Crippen MR) is 90.2 cm³/mol. The third-order valence-electron chi connectivity index (χ3n) is 4.24. The van der Waals surface area contributed by atoms with Gasteiger partial charge in [-0.2, -0.15) is 0 Å². The molecule has 4 aromatic rings. The first-order chi connectivity index (χ1) is 10.3. The van der Waals surface area contributed by atoms with E-state index in [4.69, 9.17) is 4.74 Å². The summed E-state index contributed by atoms with van der Waals surface area (Å²) < 4.78 is 5.62. The van der Waals surface area contributed by atoms with Crippen LogP contribution in [-0.4, -0.2) is 7.11 Å². The van der Waals surface area contributed by atoms with Gasteiger partial charge in [0.15, 0.2) is 0 Å². The number of hydrogen-bond acceptors (Lipinski definition) is 1. The fraction of sp³-hybridized carbons (Fsp3) is 0.100. The number of rotatable bonds is 1. The summed E-state index contributed by atoms with van der Waals surface area (Å²) in [7, 11) is 1.74. The normalized spacial score (nSPS) is 11.3. The molecule has 0 heterocycles. The van der Waals surface area contributed by atoms with E-state index in [-0.39, 0.29) is 0 Å². The second kappa shape index (κ2) is 4.49. The van der Waals surface area contributed by atoms with Gasteiger partial charge in [-0.05, 0) is 45.5 Å². The molecule has 0 saturated heterocycles. The second-order valence-electron chi connectivity index (χ2n) is 5.46. The first kappa shape index (κ1) is 12.2. The summed E-state index contributed by atoms with van der Waals surface area (Å²) in [5, 5.41) is 7.58. The summed E-state index contributed by atoms with van der Waals surface area (Å²) in [6.07, 6.45) is 0. The topological polar surface area (TPSA) is 9.23 Å². The predicted octanol–water partition coefficient (Wildman–Crippen LogP) is 5.46. The van der Waals surface area contributed by atoms with E-state index in [1.54, 1.807) is 7.11 Å². The molecule has 0 aliphatic rings. The Morgan fingerprint density at radius 1 is 0.714 bits per heavy atom. The van der Waals surface area contributed by atoms with Crippen molar-refractivity contribution in [2.45, 2.75) is 6.92 Å². The Bertz CT molecular complexity index is 983. The highest BCUT2D eigenvalue weighted by Gasteiger charge is 2.11. The SMILES string of the molecule is COc1cc2c3ccccc3cc(C)c2c2ccccc12. The van der Waals surface area contributed by atoms with Crippen molar-refractivity contribution in [2.24, 2.45) is 0 Å². The van der Waals surface area contributed by atoms with Crippen LogP contribution in [0.1, 0.15) is 5.56 Å². The maximum absolute atomic E-state index is 5.62. The van der Waals surface area contributed by atoms with Crippen LogP contribution in [0, 0.1) is 6.92 Å². The van der Waals surface area contributed by atoms with Crippen LogP contribution in [0.4, 0.5) is 0 Å². The molecule has 4 aromatic carbocycles. The standard InChI is InChI=1S/C20H16O/c1-13-11-14-7-3-4-8-15(14)18-12-19(21-2)16-9-5-6-10-17(16)20(13)18/h3-12H,1-2H3. The zero-order chi connectivity index (χ0) is 14.4. The number of hydrogen-bond donors (Lipinski definition) is 0. The molecule has 0 atom stereocenters. The third kappa shape index (κ3) is 1.71. The average molecular weight is 272 g/mol. The molecule has 0 saturated carbocycles. The van der Waals surface area contributed by atoms with Crippen molar-refractivity contribution in [3.63, 3.8) is 0 Å². The Morgan fingerprint density at radius 3 is 2.14 bits per heavy atom. The highest BCUT2D eigenvalue weighted by Crippen LogP contribution is 2.38. The largest absolute Gasteiger partial charge is 0.496 e. The van der Waals surface area contributed by atoms with Crippen molar-refractivity contribution in [3.05, 3.63) is 66.2 Å². The van der Waals surface area contributed by atoms with Crippen LogP contribution in [-0.2, 0) is 0 Å². The molecule has 1 heteroatoms. The lowest BCUT2D eigenvalue weighted by molar-refractivity contribution is 0.420. The number of methoxy groups -OCH3 is 1. The van der Waals surface area contributed by atoms with Crippen LogP contribution in [0.25, 0.3) is 32.3 Å². The van der Waals surface area contributed by atoms with Gasteiger partial charge in [-0.3, -0.25) is 0 Å². The summed E-state index contributed by atoms with van der Waals surface area (Å²) in [5.74, 6) is 0.939. The molecule has 0 radical (unpaired) electrons. The van der Waals surface area contributed by atoms with Crippen molar-refractivity contribution < 1.29 is 4.74 Å². The van der Waals surface area contributed by atoms with Crippen molar-refractivity contribution in [1.82, 2.24) is 0 Å². The van der Waals surface area contributed by atoms with E-state index in [1.807, 2.05) is 0 Å². The summed E-state index contributed by atoms with van der Waals surface area (Å²) in [4.78, 5) is 0. The maximum Gasteiger partial charge on any atom is 0.127 e. The number of aryl methyl sites for hydroxylation is 1. The molecule has 0 aliphatic carbocycles. The summed E-state index contributed by atoms with van der Waals surface area (Å²) in [6, 6.07) is 21.5. The van der Waals surface area contributed by atoms with E-state index in [0.717, 1.165) is 5.75 Å². The van der Waals surface area contributed by atoms with E-state index in [0.29, 0.717) is 0 Å². The molecule has 0 unspecified atom stereocenters. The Kier molecular flexibility index (Phi) is 2.61. The first-order valence-corrected chi connectivity index (χ1v) is 7.17. The highest BCUT2D eigenvalue weighted by atomic mass is 16.5. The monoisotopic (exact) mass is 272 g/mol. The molecule has 102 valence electrons. The zero-order valence-electron chi connectivity index (χ0n) is 12.2. The summed E-state index contributed by atoms with van der Waals surface area (Å²) >= 11 is 0. The Labute approximate surface area is 123 Å². The minimum Gasteiger partial charge on any atom is -0.496 e. The maximum atomic E-state index is 5.62. The smallest absolute Gasteiger partial charge is 0.127 e. The van der Waals surface area contributed by atoms with Crippen LogP contribution in [0.15, 0.2) is 60.7 Å². The Hall–Kier alpha value is -2.54. The Morgan fingerprint density at radius 2 is 1.38 bits per heavy atom. The highest BCUT2D eigenvalue weighted by molar-refractivity contribution is 6.20. The minimum absolute atomic E-state index is 0.939. The molecular weight excluding hydrogens is 256 g/mol. The van der Waals surface area contributed by atoms with Gasteiger partial charge in [0.2, 0.25) is 0 Å². The number of benzene rings is 4. The zero-order valence-corrected chi connectivity index (χ0v) is 12.2. The van der Waals surface area contributed by atoms with Crippen molar-refractivity contribution in [1.29, 1.82) is 0 Å². The van der Waals surface area contributed by atoms with Crippen molar-refractivity contribution in [3.8, 4) is 5.75 Å². The van der Waals surface area contributed by atoms with E-state index in [1.165, 1.54) is 37.9 Å². The second-order valence-corrected chi connectivity index (χ2v) is 5.46. The minimum atomic E-state index is 0.939. The lowest BCUT2D eigenvalue weighted by Gasteiger charge is -2.13. The molecule has 0 bridgehead atoms. The van der Waals surface area contributed by atoms with Gasteiger partial charge in [-0.15, -0.1) is 0 Å². The third-order valence-corrected chi connectivity index (χ3v) is 4.24. The fourth-order valence-electron chi connectivity index (χ4n) is 3.32.